The Kier molecular flexibility index (Phi) is 10.1. The van der Waals surface area contributed by atoms with Crippen LogP contribution in [0.3, 0.4) is 0 Å². The van der Waals surface area contributed by atoms with Crippen LogP contribution in [0.15, 0.2) is 181 Å². The summed E-state index contributed by atoms with van der Waals surface area (Å²) in [6.07, 6.45) is 13.5. The van der Waals surface area contributed by atoms with Gasteiger partial charge in [0.05, 0.1) is 22.9 Å². The molecule has 0 aliphatic rings. The molecule has 11 rings (SSSR count). The zero-order chi connectivity index (χ0) is 43.4. The molecular weight excluding hydrogens is 837 g/mol. The summed E-state index contributed by atoms with van der Waals surface area (Å²) in [4.78, 5) is 0.622. The molecule has 64 heavy (non-hydrogen) atoms. The first-order valence-electron chi connectivity index (χ1n) is 21.7. The van der Waals surface area contributed by atoms with E-state index in [1.165, 1.54) is 11.1 Å². The maximum atomic E-state index is 13.6. The van der Waals surface area contributed by atoms with Crippen molar-refractivity contribution in [2.75, 3.05) is 13.1 Å². The lowest BCUT2D eigenvalue weighted by Crippen LogP contribution is -2.33. The predicted molar refractivity (Wildman–Crippen MR) is 254 cm³/mol. The van der Waals surface area contributed by atoms with Gasteiger partial charge in [0.1, 0.15) is 37.9 Å². The molecule has 9 aromatic carbocycles. The van der Waals surface area contributed by atoms with Crippen molar-refractivity contribution < 1.29 is 26.0 Å². The van der Waals surface area contributed by atoms with Gasteiger partial charge in [-0.15, -0.1) is 0 Å². The zero-order valence-corrected chi connectivity index (χ0v) is 36.7. The molecule has 0 bridgehead atoms. The lowest BCUT2D eigenvalue weighted by Gasteiger charge is -2.14. The zero-order valence-electron chi connectivity index (χ0n) is 35.1. The molecular formula is C52H46N6O4S2+2. The van der Waals surface area contributed by atoms with Crippen molar-refractivity contribution >= 4 is 84.7 Å². The van der Waals surface area contributed by atoms with E-state index in [-0.39, 0.29) is 0 Å². The van der Waals surface area contributed by atoms with Crippen LogP contribution in [0.2, 0.25) is 0 Å². The summed E-state index contributed by atoms with van der Waals surface area (Å²) in [5.74, 6) is 0. The fraction of sp³-hybridized carbons (Fsp3) is 0.154. The monoisotopic (exact) mass is 882 g/mol. The Morgan fingerprint density at radius 2 is 0.812 bits per heavy atom. The van der Waals surface area contributed by atoms with Crippen LogP contribution in [-0.4, -0.2) is 39.1 Å². The summed E-state index contributed by atoms with van der Waals surface area (Å²) in [5.41, 5.74) is 2.36. The Morgan fingerprint density at radius 3 is 1.25 bits per heavy atom. The number of sulfonamides is 2. The van der Waals surface area contributed by atoms with Crippen molar-refractivity contribution in [2.45, 2.75) is 48.8 Å². The largest absolute Gasteiger partial charge is 0.244 e. The lowest BCUT2D eigenvalue weighted by atomic mass is 9.94. The normalized spacial score (nSPS) is 12.6. The van der Waals surface area contributed by atoms with Crippen LogP contribution < -0.4 is 18.6 Å². The van der Waals surface area contributed by atoms with E-state index in [1.807, 2.05) is 73.3 Å². The molecule has 0 atom stereocenters. The molecule has 0 aliphatic carbocycles. The third kappa shape index (κ3) is 7.51. The second-order valence-corrected chi connectivity index (χ2v) is 20.3. The number of nitrogens with zero attached hydrogens (tertiary/aromatic N) is 4. The molecule has 0 radical (unpaired) electrons. The maximum Gasteiger partial charge on any atom is 0.244 e. The minimum absolute atomic E-state index is 0.311. The molecule has 2 heterocycles. The van der Waals surface area contributed by atoms with Crippen molar-refractivity contribution in [3.63, 3.8) is 0 Å². The first kappa shape index (κ1) is 40.1. The minimum atomic E-state index is -3.72. The van der Waals surface area contributed by atoms with Gasteiger partial charge in [-0.3, -0.25) is 0 Å². The molecule has 2 N–H and O–H groups in total. The highest BCUT2D eigenvalue weighted by atomic mass is 32.2. The van der Waals surface area contributed by atoms with E-state index in [2.05, 4.69) is 113 Å². The number of nitrogens with one attached hydrogen (secondary N) is 2. The second kappa shape index (κ2) is 16.1. The van der Waals surface area contributed by atoms with Gasteiger partial charge in [-0.1, -0.05) is 115 Å². The summed E-state index contributed by atoms with van der Waals surface area (Å²) in [7, 11) is -7.45. The van der Waals surface area contributed by atoms with Gasteiger partial charge in [0.25, 0.3) is 0 Å². The van der Waals surface area contributed by atoms with Gasteiger partial charge in [0, 0.05) is 23.9 Å². The van der Waals surface area contributed by atoms with Crippen LogP contribution in [0.5, 0.6) is 0 Å². The number of aryl methyl sites for hydroxylation is 2. The Morgan fingerprint density at radius 1 is 0.438 bits per heavy atom. The molecule has 12 heteroatoms. The van der Waals surface area contributed by atoms with Gasteiger partial charge in [0.2, 0.25) is 32.7 Å². The Hall–Kier alpha value is -6.70. The molecule has 0 saturated heterocycles. The van der Waals surface area contributed by atoms with Gasteiger partial charge in [-0.2, -0.15) is 0 Å². The molecule has 318 valence electrons. The molecule has 0 unspecified atom stereocenters. The van der Waals surface area contributed by atoms with E-state index in [4.69, 9.17) is 0 Å². The van der Waals surface area contributed by atoms with Gasteiger partial charge in [-0.25, -0.2) is 44.5 Å². The van der Waals surface area contributed by atoms with Gasteiger partial charge in [0.15, 0.2) is 0 Å². The maximum absolute atomic E-state index is 13.6. The van der Waals surface area contributed by atoms with Crippen LogP contribution in [-0.2, 0) is 46.2 Å². The third-order valence-corrected chi connectivity index (χ3v) is 15.6. The average Bonchev–Trinajstić information content (AvgIpc) is 3.96. The van der Waals surface area contributed by atoms with E-state index in [0.717, 1.165) is 64.6 Å². The van der Waals surface area contributed by atoms with Crippen LogP contribution in [0.25, 0.3) is 64.6 Å². The number of hydrogen-bond acceptors (Lipinski definition) is 4. The summed E-state index contributed by atoms with van der Waals surface area (Å²) >= 11 is 0. The smallest absolute Gasteiger partial charge is 0.237 e. The summed E-state index contributed by atoms with van der Waals surface area (Å²) < 4.78 is 68.5. The van der Waals surface area contributed by atoms with Crippen molar-refractivity contribution in [3.8, 4) is 0 Å². The van der Waals surface area contributed by atoms with E-state index in [9.17, 15) is 16.8 Å². The van der Waals surface area contributed by atoms with Crippen LogP contribution in [0, 0.1) is 0 Å². The number of hydrogen-bond donors (Lipinski definition) is 2. The van der Waals surface area contributed by atoms with E-state index in [0.29, 0.717) is 61.9 Å². The van der Waals surface area contributed by atoms with Gasteiger partial charge in [-0.05, 0) is 96.0 Å². The highest BCUT2D eigenvalue weighted by molar-refractivity contribution is 7.90. The number of imidazole rings is 2. The Balaban J connectivity index is 0.664. The quantitative estimate of drug-likeness (QED) is 0.0577. The fourth-order valence-corrected chi connectivity index (χ4v) is 12.1. The van der Waals surface area contributed by atoms with Crippen LogP contribution in [0.4, 0.5) is 0 Å². The molecule has 11 aromatic rings. The van der Waals surface area contributed by atoms with E-state index in [1.54, 1.807) is 12.1 Å². The van der Waals surface area contributed by atoms with Crippen molar-refractivity contribution in [2.24, 2.45) is 0 Å². The first-order chi connectivity index (χ1) is 31.2. The predicted octanol–water partition coefficient (Wildman–Crippen LogP) is 8.49. The number of rotatable bonds is 16. The van der Waals surface area contributed by atoms with E-state index >= 15 is 0 Å². The van der Waals surface area contributed by atoms with Crippen LogP contribution >= 0.6 is 0 Å². The molecule has 10 nitrogen and oxygen atoms in total. The Labute approximate surface area is 371 Å². The Bertz CT molecular complexity index is 3470. The summed E-state index contributed by atoms with van der Waals surface area (Å²) in [5, 5.41) is 12.2. The highest BCUT2D eigenvalue weighted by Crippen LogP contribution is 2.38. The van der Waals surface area contributed by atoms with E-state index < -0.39 is 20.0 Å². The molecule has 0 spiro atoms. The standard InChI is InChI=1S/C52H46N6O4S2/c59-63(60,47-22-18-43-14-12-39-8-2-10-41-16-20-45(47)51(43)49(39)41)53-24-4-26-55-28-30-57(35-55)33-37-6-1-7-38(32-37)34-58-31-29-56(36-58)27-5-25-54-64(61,62)48-23-19-44-15-13-40-9-3-11-42-17-21-46(48)52(44)50(40)42/h1-3,6-23,28-32,35-36,53-54H,4-5,24-27,33-34H2/q+2. The first-order valence-corrected chi connectivity index (χ1v) is 24.6. The molecule has 0 amide bonds. The highest BCUT2D eigenvalue weighted by Gasteiger charge is 2.22. The van der Waals surface area contributed by atoms with Gasteiger partial charge < -0.3 is 0 Å². The lowest BCUT2D eigenvalue weighted by molar-refractivity contribution is -0.688. The molecule has 0 aliphatic heterocycles. The molecule has 2 aromatic heterocycles. The molecule has 0 saturated carbocycles. The topological polar surface area (TPSA) is 110 Å². The van der Waals surface area contributed by atoms with Gasteiger partial charge >= 0.3 is 0 Å². The third-order valence-electron chi connectivity index (χ3n) is 12.5. The van der Waals surface area contributed by atoms with Crippen molar-refractivity contribution in [3.05, 3.63) is 182 Å². The van der Waals surface area contributed by atoms with Crippen molar-refractivity contribution in [1.82, 2.24) is 18.6 Å². The number of aromatic nitrogens is 4. The fourth-order valence-electron chi connectivity index (χ4n) is 9.55. The number of benzene rings is 9. The molecule has 0 fully saturated rings. The van der Waals surface area contributed by atoms with Crippen molar-refractivity contribution in [1.29, 1.82) is 0 Å². The summed E-state index contributed by atoms with van der Waals surface area (Å²) in [6.45, 7) is 3.42. The average molecular weight is 883 g/mol. The minimum Gasteiger partial charge on any atom is -0.237 e. The SMILES string of the molecule is O=S(=O)(NCCCn1cc[n+](Cc2cccc(C[n+]3ccn(CCCNS(=O)(=O)c4ccc5ccc6cccc7ccc4c5c67)c3)c2)c1)c1ccc2ccc3cccc4ccc1c2c34. The summed E-state index contributed by atoms with van der Waals surface area (Å²) in [6, 6.07) is 44.3. The van der Waals surface area contributed by atoms with Crippen LogP contribution in [0.1, 0.15) is 24.0 Å². The second-order valence-electron chi connectivity index (χ2n) is 16.8.